The van der Waals surface area contributed by atoms with E-state index < -0.39 is 0 Å². The molecule has 4 rings (SSSR count). The van der Waals surface area contributed by atoms with Gasteiger partial charge in [0.25, 0.3) is 5.56 Å². The topological polar surface area (TPSA) is 82.2 Å². The third-order valence-electron chi connectivity index (χ3n) is 4.70. The molecule has 2 heterocycles. The number of nitrogens with one attached hydrogen (secondary N) is 1. The summed E-state index contributed by atoms with van der Waals surface area (Å²) < 4.78 is 1.57. The molecule has 3 N–H and O–H groups in total. The summed E-state index contributed by atoms with van der Waals surface area (Å²) in [6, 6.07) is 7.24. The Balaban J connectivity index is 0.00000169. The number of fused-ring (bicyclic) bond motifs is 3. The quantitative estimate of drug-likeness (QED) is 0.735. The number of halogens is 1. The highest BCUT2D eigenvalue weighted by Gasteiger charge is 2.28. The maximum absolute atomic E-state index is 12.7. The summed E-state index contributed by atoms with van der Waals surface area (Å²) in [5, 5.41) is 4.59. The van der Waals surface area contributed by atoms with Crippen LogP contribution in [0.2, 0.25) is 5.02 Å². The summed E-state index contributed by atoms with van der Waals surface area (Å²) in [5.41, 5.74) is 4.16. The second kappa shape index (κ2) is 5.76. The predicted octanol–water partition coefficient (Wildman–Crippen LogP) is 3.06. The Morgan fingerprint density at radius 2 is 1.96 bits per heavy atom. The van der Waals surface area contributed by atoms with Gasteiger partial charge >= 0.3 is 0 Å². The van der Waals surface area contributed by atoms with Crippen LogP contribution in [-0.2, 0) is 12.8 Å². The lowest BCUT2D eigenvalue weighted by Gasteiger charge is -2.30. The van der Waals surface area contributed by atoms with Crippen molar-refractivity contribution >= 4 is 22.5 Å². The lowest BCUT2D eigenvalue weighted by molar-refractivity contribution is 0.313. The van der Waals surface area contributed by atoms with Crippen LogP contribution in [0.15, 0.2) is 35.3 Å². The molecule has 126 valence electrons. The van der Waals surface area contributed by atoms with Crippen LogP contribution >= 0.6 is 11.6 Å². The first kappa shape index (κ1) is 16.7. The molecule has 0 fully saturated rings. The number of hydrogen-bond donors (Lipinski definition) is 1. The number of aromatic nitrogens is 3. The summed E-state index contributed by atoms with van der Waals surface area (Å²) in [5.74, 6) is 0. The highest BCUT2D eigenvalue weighted by Crippen LogP contribution is 2.36. The van der Waals surface area contributed by atoms with E-state index in [4.69, 9.17) is 11.6 Å². The van der Waals surface area contributed by atoms with Gasteiger partial charge in [0.15, 0.2) is 0 Å². The first-order valence-corrected chi connectivity index (χ1v) is 8.20. The standard InChI is InChI=1S/C18H18ClN3O.H2O/c1-18(2)8-7-15-13(9-18)16-14(10-20-15)17(23)22(21-16)12-5-3-11(19)4-6-12;/h3-6,10,21H,7-9H2,1-2H3;1H2. The predicted molar refractivity (Wildman–Crippen MR) is 96.1 cm³/mol. The molecule has 0 saturated carbocycles. The average molecular weight is 346 g/mol. The van der Waals surface area contributed by atoms with Crippen molar-refractivity contribution in [1.29, 1.82) is 0 Å². The Bertz CT molecular complexity index is 955. The lowest BCUT2D eigenvalue weighted by Crippen LogP contribution is -2.23. The van der Waals surface area contributed by atoms with Gasteiger partial charge < -0.3 is 5.48 Å². The number of pyridine rings is 1. The second-order valence-electron chi connectivity index (χ2n) is 7.04. The Labute approximate surface area is 144 Å². The van der Waals surface area contributed by atoms with Gasteiger partial charge in [-0.2, -0.15) is 0 Å². The van der Waals surface area contributed by atoms with E-state index in [0.29, 0.717) is 10.4 Å². The minimum Gasteiger partial charge on any atom is -0.412 e. The molecule has 2 aromatic heterocycles. The van der Waals surface area contributed by atoms with Gasteiger partial charge in [0.2, 0.25) is 0 Å². The summed E-state index contributed by atoms with van der Waals surface area (Å²) >= 11 is 5.94. The van der Waals surface area contributed by atoms with Gasteiger partial charge in [0, 0.05) is 16.9 Å². The molecule has 0 atom stereocenters. The summed E-state index contributed by atoms with van der Waals surface area (Å²) in [6.07, 6.45) is 4.73. The first-order valence-electron chi connectivity index (χ1n) is 7.82. The summed E-state index contributed by atoms with van der Waals surface area (Å²) in [7, 11) is 0. The molecule has 1 aromatic carbocycles. The molecule has 0 unspecified atom stereocenters. The molecule has 1 aliphatic rings. The van der Waals surface area contributed by atoms with E-state index in [9.17, 15) is 4.79 Å². The van der Waals surface area contributed by atoms with Crippen LogP contribution in [0.4, 0.5) is 0 Å². The van der Waals surface area contributed by atoms with E-state index in [1.807, 2.05) is 12.1 Å². The first-order chi connectivity index (χ1) is 10.9. The normalized spacial score (nSPS) is 15.8. The van der Waals surface area contributed by atoms with Crippen LogP contribution in [0.3, 0.4) is 0 Å². The minimum atomic E-state index is -0.0685. The second-order valence-corrected chi connectivity index (χ2v) is 7.48. The van der Waals surface area contributed by atoms with Crippen LogP contribution in [0, 0.1) is 5.41 Å². The average Bonchev–Trinajstić information content (AvgIpc) is 2.85. The van der Waals surface area contributed by atoms with Gasteiger partial charge in [-0.05, 0) is 54.5 Å². The molecule has 0 saturated heterocycles. The van der Waals surface area contributed by atoms with E-state index in [-0.39, 0.29) is 16.5 Å². The highest BCUT2D eigenvalue weighted by molar-refractivity contribution is 6.30. The number of aryl methyl sites for hydroxylation is 1. The Morgan fingerprint density at radius 3 is 2.67 bits per heavy atom. The van der Waals surface area contributed by atoms with E-state index >= 15 is 0 Å². The lowest BCUT2D eigenvalue weighted by atomic mass is 9.75. The largest absolute Gasteiger partial charge is 0.412 e. The van der Waals surface area contributed by atoms with Gasteiger partial charge in [-0.1, -0.05) is 25.4 Å². The van der Waals surface area contributed by atoms with Crippen molar-refractivity contribution in [1.82, 2.24) is 14.8 Å². The fraction of sp³-hybridized carbons (Fsp3) is 0.333. The molecule has 3 aromatic rings. The van der Waals surface area contributed by atoms with Crippen molar-refractivity contribution in [2.75, 3.05) is 0 Å². The Kier molecular flexibility index (Phi) is 4.01. The fourth-order valence-electron chi connectivity index (χ4n) is 3.37. The summed E-state index contributed by atoms with van der Waals surface area (Å²) in [6.45, 7) is 4.53. The van der Waals surface area contributed by atoms with E-state index in [1.165, 1.54) is 5.56 Å². The maximum Gasteiger partial charge on any atom is 0.280 e. The maximum atomic E-state index is 12.7. The van der Waals surface area contributed by atoms with Crippen LogP contribution in [-0.4, -0.2) is 20.2 Å². The zero-order valence-corrected chi connectivity index (χ0v) is 14.4. The number of nitrogens with zero attached hydrogens (tertiary/aromatic N) is 2. The van der Waals surface area contributed by atoms with Gasteiger partial charge in [-0.15, -0.1) is 0 Å². The summed E-state index contributed by atoms with van der Waals surface area (Å²) in [4.78, 5) is 17.3. The fourth-order valence-corrected chi connectivity index (χ4v) is 3.49. The zero-order valence-electron chi connectivity index (χ0n) is 13.7. The van der Waals surface area contributed by atoms with E-state index in [1.54, 1.807) is 23.0 Å². The smallest absolute Gasteiger partial charge is 0.280 e. The molecule has 1 aliphatic carbocycles. The molecule has 0 amide bonds. The molecular weight excluding hydrogens is 326 g/mol. The molecule has 0 aliphatic heterocycles. The number of H-pyrrole nitrogens is 1. The Morgan fingerprint density at radius 1 is 1.25 bits per heavy atom. The third kappa shape index (κ3) is 2.64. The van der Waals surface area contributed by atoms with Crippen molar-refractivity contribution < 1.29 is 5.48 Å². The number of benzene rings is 1. The number of aromatic amines is 1. The molecule has 6 heteroatoms. The van der Waals surface area contributed by atoms with E-state index in [2.05, 4.69) is 23.9 Å². The van der Waals surface area contributed by atoms with Gasteiger partial charge in [0.1, 0.15) is 0 Å². The highest BCUT2D eigenvalue weighted by atomic mass is 35.5. The molecule has 0 spiro atoms. The van der Waals surface area contributed by atoms with Gasteiger partial charge in [-0.25, -0.2) is 4.68 Å². The van der Waals surface area contributed by atoms with Crippen molar-refractivity contribution in [3.63, 3.8) is 0 Å². The molecular formula is C18H20ClN3O2. The van der Waals surface area contributed by atoms with Crippen LogP contribution in [0.5, 0.6) is 0 Å². The molecule has 0 bridgehead atoms. The van der Waals surface area contributed by atoms with Gasteiger partial charge in [-0.3, -0.25) is 14.9 Å². The van der Waals surface area contributed by atoms with Crippen LogP contribution in [0.1, 0.15) is 31.5 Å². The Hall–Kier alpha value is -2.11. The molecule has 0 radical (unpaired) electrons. The van der Waals surface area contributed by atoms with Crippen molar-refractivity contribution in [3.05, 3.63) is 57.1 Å². The van der Waals surface area contributed by atoms with Crippen molar-refractivity contribution in [2.24, 2.45) is 5.41 Å². The van der Waals surface area contributed by atoms with Crippen molar-refractivity contribution in [3.8, 4) is 5.69 Å². The number of rotatable bonds is 1. The van der Waals surface area contributed by atoms with Crippen LogP contribution in [0.25, 0.3) is 16.6 Å². The van der Waals surface area contributed by atoms with E-state index in [0.717, 1.165) is 36.2 Å². The van der Waals surface area contributed by atoms with Gasteiger partial charge in [0.05, 0.1) is 16.6 Å². The SMILES string of the molecule is CC1(C)CCc2ncc3c(=O)n(-c4ccc(Cl)cc4)[nH]c3c2C1.O. The molecule has 5 nitrogen and oxygen atoms in total. The third-order valence-corrected chi connectivity index (χ3v) is 4.96. The van der Waals surface area contributed by atoms with Crippen LogP contribution < -0.4 is 5.56 Å². The number of hydrogen-bond acceptors (Lipinski definition) is 2. The zero-order chi connectivity index (χ0) is 16.2. The molecule has 24 heavy (non-hydrogen) atoms. The monoisotopic (exact) mass is 345 g/mol. The minimum absolute atomic E-state index is 0. The van der Waals surface area contributed by atoms with Crippen molar-refractivity contribution in [2.45, 2.75) is 33.1 Å².